The van der Waals surface area contributed by atoms with Gasteiger partial charge in [-0.25, -0.2) is 4.68 Å². The van der Waals surface area contributed by atoms with Crippen LogP contribution < -0.4 is 0 Å². The number of carbonyl (C=O) groups excluding carboxylic acids is 2. The van der Waals surface area contributed by atoms with Crippen LogP contribution in [0.5, 0.6) is 0 Å². The van der Waals surface area contributed by atoms with Crippen LogP contribution in [-0.2, 0) is 21.1 Å². The molecule has 37 heavy (non-hydrogen) atoms. The summed E-state index contributed by atoms with van der Waals surface area (Å²) >= 11 is 1.49. The van der Waals surface area contributed by atoms with Crippen molar-refractivity contribution in [2.75, 3.05) is 13.2 Å². The third kappa shape index (κ3) is 4.03. The van der Waals surface area contributed by atoms with E-state index < -0.39 is 34.6 Å². The number of hydrogen-bond acceptors (Lipinski definition) is 7. The average molecular weight is 528 g/mol. The second-order valence-electron chi connectivity index (χ2n) is 10.7. The van der Waals surface area contributed by atoms with Gasteiger partial charge in [0.1, 0.15) is 18.2 Å². The smallest absolute Gasteiger partial charge is 0.308 e. The normalized spacial score (nSPS) is 29.2. The predicted molar refractivity (Wildman–Crippen MR) is 138 cm³/mol. The number of fused-ring (bicyclic) bond motifs is 2. The highest BCUT2D eigenvalue weighted by Crippen LogP contribution is 2.66. The molecule has 2 amide bonds. The summed E-state index contributed by atoms with van der Waals surface area (Å²) in [6.45, 7) is 7.86. The molecule has 11 heteroatoms. The number of para-hydroxylation sites is 1. The predicted octanol–water partition coefficient (Wildman–Crippen LogP) is 1.99. The molecule has 0 saturated carbocycles. The highest BCUT2D eigenvalue weighted by Gasteiger charge is 2.74. The Morgan fingerprint density at radius 3 is 2.78 bits per heavy atom. The molecular weight excluding hydrogens is 494 g/mol. The van der Waals surface area contributed by atoms with E-state index in [0.717, 1.165) is 5.52 Å². The van der Waals surface area contributed by atoms with Crippen molar-refractivity contribution < 1.29 is 24.6 Å². The fraction of sp³-hybridized carbons (Fsp3) is 0.577. The molecule has 2 bridgehead atoms. The van der Waals surface area contributed by atoms with Crippen molar-refractivity contribution in [1.82, 2.24) is 24.8 Å². The van der Waals surface area contributed by atoms with Crippen LogP contribution in [0.1, 0.15) is 33.1 Å². The number of thioether (sulfide) groups is 1. The molecule has 3 saturated heterocycles. The summed E-state index contributed by atoms with van der Waals surface area (Å²) < 4.78 is 0.806. The number of carboxylic acids is 1. The summed E-state index contributed by atoms with van der Waals surface area (Å²) in [6.07, 6.45) is 3.37. The molecule has 4 heterocycles. The third-order valence-electron chi connectivity index (χ3n) is 7.99. The first-order chi connectivity index (χ1) is 17.7. The number of rotatable bonds is 10. The summed E-state index contributed by atoms with van der Waals surface area (Å²) in [5.41, 5.74) is 1.48. The maximum Gasteiger partial charge on any atom is 0.308 e. The Morgan fingerprint density at radius 2 is 2.11 bits per heavy atom. The van der Waals surface area contributed by atoms with Gasteiger partial charge in [-0.1, -0.05) is 37.3 Å². The lowest BCUT2D eigenvalue weighted by atomic mass is 9.71. The number of amides is 2. The van der Waals surface area contributed by atoms with Gasteiger partial charge in [0.05, 0.1) is 34.7 Å². The minimum atomic E-state index is -0.994. The standard InChI is InChI=1S/C26H33N5O5S/c1-4-11-29(14-30-18-8-6-5-7-17(18)27-28-30)24(34)22-26-10-9-19(37-26)20(25(35)36)21(26)23(33)31(22)16(13-32)12-15(2)3/h4-8,15-16,19-22,32H,1,9-14H2,2-3H3,(H,35,36)/t16-,19-,20+,21+,22?,26?/m1/s1. The fourth-order valence-electron chi connectivity index (χ4n) is 6.60. The minimum absolute atomic E-state index is 0.106. The molecule has 2 aromatic rings. The maximum atomic E-state index is 14.4. The number of aliphatic carboxylic acids is 1. The number of carboxylic acid groups (broad SMARTS) is 1. The first-order valence-corrected chi connectivity index (χ1v) is 13.6. The molecule has 1 aromatic carbocycles. The van der Waals surface area contributed by atoms with Crippen LogP contribution >= 0.6 is 11.8 Å². The molecule has 3 fully saturated rings. The van der Waals surface area contributed by atoms with E-state index in [1.165, 1.54) is 16.7 Å². The zero-order chi connectivity index (χ0) is 26.5. The molecular formula is C26H33N5O5S. The monoisotopic (exact) mass is 527 g/mol. The lowest BCUT2D eigenvalue weighted by Crippen LogP contribution is -2.57. The quantitative estimate of drug-likeness (QED) is 0.449. The van der Waals surface area contributed by atoms with E-state index in [1.54, 1.807) is 15.7 Å². The topological polar surface area (TPSA) is 129 Å². The minimum Gasteiger partial charge on any atom is -0.481 e. The van der Waals surface area contributed by atoms with E-state index in [1.807, 2.05) is 38.1 Å². The summed E-state index contributed by atoms with van der Waals surface area (Å²) in [5.74, 6) is -3.06. The third-order valence-corrected chi connectivity index (χ3v) is 9.94. The molecule has 3 aliphatic heterocycles. The highest BCUT2D eigenvalue weighted by molar-refractivity contribution is 8.02. The SMILES string of the molecule is C=CCN(Cn1nnc2ccccc21)C(=O)C1N([C@@H](CO)CC(C)C)C(=O)[C@@H]2[C@@H](C(=O)O)[C@H]3CCC12S3. The van der Waals surface area contributed by atoms with Gasteiger partial charge >= 0.3 is 5.97 Å². The number of benzene rings is 1. The van der Waals surface area contributed by atoms with Gasteiger partial charge < -0.3 is 20.0 Å². The second-order valence-corrected chi connectivity index (χ2v) is 12.3. The Hall–Kier alpha value is -2.92. The first kappa shape index (κ1) is 25.7. The molecule has 2 unspecified atom stereocenters. The molecule has 1 spiro atoms. The van der Waals surface area contributed by atoms with E-state index in [-0.39, 0.29) is 42.8 Å². The van der Waals surface area contributed by atoms with Crippen LogP contribution in [0.2, 0.25) is 0 Å². The molecule has 3 aliphatic rings. The Bertz CT molecular complexity index is 1230. The van der Waals surface area contributed by atoms with E-state index >= 15 is 0 Å². The molecule has 1 aromatic heterocycles. The number of likely N-dealkylation sites (tertiary alicyclic amines) is 1. The van der Waals surface area contributed by atoms with Gasteiger partial charge in [0.2, 0.25) is 11.8 Å². The number of nitrogens with zero attached hydrogens (tertiary/aromatic N) is 5. The van der Waals surface area contributed by atoms with E-state index in [9.17, 15) is 24.6 Å². The number of aromatic nitrogens is 3. The lowest BCUT2D eigenvalue weighted by Gasteiger charge is -2.40. The van der Waals surface area contributed by atoms with Crippen LogP contribution in [-0.4, -0.2) is 88.0 Å². The van der Waals surface area contributed by atoms with Crippen molar-refractivity contribution in [2.45, 2.75) is 61.9 Å². The van der Waals surface area contributed by atoms with Crippen molar-refractivity contribution in [3.63, 3.8) is 0 Å². The van der Waals surface area contributed by atoms with E-state index in [4.69, 9.17) is 0 Å². The summed E-state index contributed by atoms with van der Waals surface area (Å²) in [5, 5.41) is 28.6. The fourth-order valence-corrected chi connectivity index (χ4v) is 8.79. The van der Waals surface area contributed by atoms with Crippen LogP contribution in [0, 0.1) is 17.8 Å². The molecule has 6 atom stereocenters. The largest absolute Gasteiger partial charge is 0.481 e. The van der Waals surface area contributed by atoms with Crippen molar-refractivity contribution >= 4 is 40.6 Å². The number of aliphatic hydroxyl groups is 1. The van der Waals surface area contributed by atoms with Gasteiger partial charge in [-0.15, -0.1) is 23.4 Å². The average Bonchev–Trinajstić information content (AvgIpc) is 3.61. The Morgan fingerprint density at radius 1 is 1.35 bits per heavy atom. The van der Waals surface area contributed by atoms with Crippen molar-refractivity contribution in [1.29, 1.82) is 0 Å². The van der Waals surface area contributed by atoms with Gasteiger partial charge in [-0.3, -0.25) is 14.4 Å². The van der Waals surface area contributed by atoms with Gasteiger partial charge in [0.15, 0.2) is 0 Å². The summed E-state index contributed by atoms with van der Waals surface area (Å²) in [6, 6.07) is 6.01. The van der Waals surface area contributed by atoms with Gasteiger partial charge in [-0.2, -0.15) is 0 Å². The Balaban J connectivity index is 1.56. The van der Waals surface area contributed by atoms with Crippen molar-refractivity contribution in [3.05, 3.63) is 36.9 Å². The van der Waals surface area contributed by atoms with Gasteiger partial charge in [0.25, 0.3) is 0 Å². The number of carbonyl (C=O) groups is 3. The van der Waals surface area contributed by atoms with Crippen LogP contribution in [0.25, 0.3) is 11.0 Å². The van der Waals surface area contributed by atoms with E-state index in [0.29, 0.717) is 24.8 Å². The van der Waals surface area contributed by atoms with Crippen LogP contribution in [0.3, 0.4) is 0 Å². The number of aliphatic hydroxyl groups excluding tert-OH is 1. The second kappa shape index (κ2) is 9.75. The molecule has 5 rings (SSSR count). The Kier molecular flexibility index (Phi) is 6.78. The molecule has 0 radical (unpaired) electrons. The zero-order valence-corrected chi connectivity index (χ0v) is 21.9. The van der Waals surface area contributed by atoms with Crippen LogP contribution in [0.15, 0.2) is 36.9 Å². The summed E-state index contributed by atoms with van der Waals surface area (Å²) in [7, 11) is 0. The molecule has 198 valence electrons. The molecule has 2 N–H and O–H groups in total. The van der Waals surface area contributed by atoms with Crippen LogP contribution in [0.4, 0.5) is 0 Å². The summed E-state index contributed by atoms with van der Waals surface area (Å²) in [4.78, 5) is 43.8. The Labute approximate surface area is 219 Å². The lowest BCUT2D eigenvalue weighted by molar-refractivity contribution is -0.150. The van der Waals surface area contributed by atoms with Gasteiger partial charge in [0, 0.05) is 11.8 Å². The van der Waals surface area contributed by atoms with E-state index in [2.05, 4.69) is 16.9 Å². The highest BCUT2D eigenvalue weighted by atomic mass is 32.2. The van der Waals surface area contributed by atoms with Crippen molar-refractivity contribution in [2.24, 2.45) is 17.8 Å². The zero-order valence-electron chi connectivity index (χ0n) is 21.1. The maximum absolute atomic E-state index is 14.4. The van der Waals surface area contributed by atoms with Gasteiger partial charge in [-0.05, 0) is 37.3 Å². The molecule has 0 aliphatic carbocycles. The first-order valence-electron chi connectivity index (χ1n) is 12.7. The molecule has 10 nitrogen and oxygen atoms in total. The van der Waals surface area contributed by atoms with Crippen molar-refractivity contribution in [3.8, 4) is 0 Å². The number of hydrogen-bond donors (Lipinski definition) is 2.